The summed E-state index contributed by atoms with van der Waals surface area (Å²) in [5.74, 6) is -1.33. The molecule has 0 bridgehead atoms. The summed E-state index contributed by atoms with van der Waals surface area (Å²) in [5, 5.41) is 3.29. The number of nitrogens with zero attached hydrogens (tertiary/aromatic N) is 2. The number of carbonyl (C=O) groups is 1. The molecule has 1 aliphatic heterocycles. The molecule has 0 saturated carbocycles. The van der Waals surface area contributed by atoms with Crippen molar-refractivity contribution in [2.24, 2.45) is 0 Å². The zero-order chi connectivity index (χ0) is 23.3. The fourth-order valence-electron chi connectivity index (χ4n) is 3.70. The van der Waals surface area contributed by atoms with E-state index in [2.05, 4.69) is 10.2 Å². The van der Waals surface area contributed by atoms with Gasteiger partial charge in [-0.05, 0) is 75.3 Å². The summed E-state index contributed by atoms with van der Waals surface area (Å²) in [6.07, 6.45) is 3.47. The topological polar surface area (TPSA) is 69.7 Å². The third-order valence-electron chi connectivity index (χ3n) is 5.42. The number of hydrogen-bond acceptors (Lipinski definition) is 4. The molecule has 1 N–H and O–H groups in total. The quantitative estimate of drug-likeness (QED) is 0.584. The van der Waals surface area contributed by atoms with Crippen LogP contribution in [-0.2, 0) is 14.8 Å². The van der Waals surface area contributed by atoms with Crippen molar-refractivity contribution in [3.63, 3.8) is 0 Å². The second-order valence-corrected chi connectivity index (χ2v) is 10.4. The van der Waals surface area contributed by atoms with Gasteiger partial charge in [0.25, 0.3) is 10.0 Å². The van der Waals surface area contributed by atoms with Crippen LogP contribution in [0.2, 0.25) is 10.0 Å². The van der Waals surface area contributed by atoms with Crippen molar-refractivity contribution >= 4 is 44.8 Å². The van der Waals surface area contributed by atoms with Crippen LogP contribution >= 0.6 is 23.2 Å². The summed E-state index contributed by atoms with van der Waals surface area (Å²) >= 11 is 11.9. The van der Waals surface area contributed by atoms with E-state index in [1.54, 1.807) is 0 Å². The lowest BCUT2D eigenvalue weighted by molar-refractivity contribution is -0.121. The standard InChI is InChI=1S/C22H26Cl2FN3O3S/c1-16(22(29)26-11-14-27-12-3-2-4-13-27)28(21-15-18(24)7-10-20(21)25)32(30,31)19-8-5-17(23)6-9-19/h5-10,15-16H,2-4,11-14H2,1H3,(H,26,29). The summed E-state index contributed by atoms with van der Waals surface area (Å²) in [6, 6.07) is 7.84. The molecule has 3 rings (SSSR count). The van der Waals surface area contributed by atoms with Gasteiger partial charge in [0.2, 0.25) is 5.91 Å². The Kier molecular flexibility index (Phi) is 8.38. The fourth-order valence-corrected chi connectivity index (χ4v) is 5.61. The Morgan fingerprint density at radius 2 is 1.72 bits per heavy atom. The summed E-state index contributed by atoms with van der Waals surface area (Å²) in [5.41, 5.74) is -0.300. The molecule has 0 spiro atoms. The molecule has 2 aromatic rings. The maximum absolute atomic E-state index is 14.7. The van der Waals surface area contributed by atoms with Crippen molar-refractivity contribution in [2.75, 3.05) is 30.5 Å². The summed E-state index contributed by atoms with van der Waals surface area (Å²) < 4.78 is 42.4. The first-order valence-corrected chi connectivity index (χ1v) is 12.6. The van der Waals surface area contributed by atoms with Crippen molar-refractivity contribution in [1.29, 1.82) is 0 Å². The van der Waals surface area contributed by atoms with Crippen molar-refractivity contribution in [2.45, 2.75) is 37.1 Å². The average Bonchev–Trinajstić information content (AvgIpc) is 2.77. The van der Waals surface area contributed by atoms with Crippen molar-refractivity contribution in [3.8, 4) is 0 Å². The second-order valence-electron chi connectivity index (χ2n) is 7.72. The highest BCUT2D eigenvalue weighted by Gasteiger charge is 2.35. The van der Waals surface area contributed by atoms with E-state index < -0.39 is 27.8 Å². The van der Waals surface area contributed by atoms with Crippen LogP contribution in [-0.4, -0.2) is 51.4 Å². The molecule has 1 atom stereocenters. The van der Waals surface area contributed by atoms with Crippen LogP contribution in [0.1, 0.15) is 26.2 Å². The molecule has 32 heavy (non-hydrogen) atoms. The van der Waals surface area contributed by atoms with Gasteiger partial charge in [0.15, 0.2) is 0 Å². The first-order valence-electron chi connectivity index (χ1n) is 10.5. The number of nitrogens with one attached hydrogen (secondary N) is 1. The maximum Gasteiger partial charge on any atom is 0.265 e. The molecular formula is C22H26Cl2FN3O3S. The number of anilines is 1. The van der Waals surface area contributed by atoms with E-state index in [-0.39, 0.29) is 15.6 Å². The molecule has 0 aromatic heterocycles. The van der Waals surface area contributed by atoms with E-state index >= 15 is 0 Å². The molecule has 1 fully saturated rings. The third kappa shape index (κ3) is 5.92. The monoisotopic (exact) mass is 501 g/mol. The van der Waals surface area contributed by atoms with Gasteiger partial charge in [-0.3, -0.25) is 9.10 Å². The van der Waals surface area contributed by atoms with Gasteiger partial charge in [-0.1, -0.05) is 29.6 Å². The van der Waals surface area contributed by atoms with Crippen LogP contribution in [0.25, 0.3) is 0 Å². The molecule has 6 nitrogen and oxygen atoms in total. The number of rotatable bonds is 8. The van der Waals surface area contributed by atoms with Gasteiger partial charge in [0.05, 0.1) is 10.6 Å². The largest absolute Gasteiger partial charge is 0.353 e. The molecule has 10 heteroatoms. The number of hydrogen-bond donors (Lipinski definition) is 1. The lowest BCUT2D eigenvalue weighted by Crippen LogP contribution is -2.50. The normalized spacial score (nSPS) is 15.9. The van der Waals surface area contributed by atoms with Crippen molar-refractivity contribution in [3.05, 3.63) is 58.3 Å². The molecule has 1 unspecified atom stereocenters. The Morgan fingerprint density at radius 1 is 1.09 bits per heavy atom. The third-order valence-corrected chi connectivity index (χ3v) is 7.81. The van der Waals surface area contributed by atoms with Crippen LogP contribution in [0.5, 0.6) is 0 Å². The Bertz CT molecular complexity index is 1040. The number of piperidine rings is 1. The Labute approximate surface area is 198 Å². The highest BCUT2D eigenvalue weighted by Crippen LogP contribution is 2.31. The van der Waals surface area contributed by atoms with Gasteiger partial charge in [-0.25, -0.2) is 12.8 Å². The first kappa shape index (κ1) is 24.8. The van der Waals surface area contributed by atoms with Gasteiger partial charge < -0.3 is 10.2 Å². The van der Waals surface area contributed by atoms with Crippen LogP contribution in [0.4, 0.5) is 10.1 Å². The van der Waals surface area contributed by atoms with Crippen LogP contribution in [0, 0.1) is 5.82 Å². The van der Waals surface area contributed by atoms with Gasteiger partial charge in [-0.15, -0.1) is 0 Å². The molecule has 1 aliphatic rings. The van der Waals surface area contributed by atoms with Gasteiger partial charge >= 0.3 is 0 Å². The van der Waals surface area contributed by atoms with Crippen LogP contribution in [0.3, 0.4) is 0 Å². The Balaban J connectivity index is 1.87. The van der Waals surface area contributed by atoms with Crippen LogP contribution < -0.4 is 9.62 Å². The number of benzene rings is 2. The molecule has 1 amide bonds. The minimum absolute atomic E-state index is 0.116. The minimum atomic E-state index is -4.30. The predicted molar refractivity (Wildman–Crippen MR) is 125 cm³/mol. The second kappa shape index (κ2) is 10.8. The van der Waals surface area contributed by atoms with Crippen molar-refractivity contribution < 1.29 is 17.6 Å². The number of likely N-dealkylation sites (tertiary alicyclic amines) is 1. The molecule has 1 saturated heterocycles. The smallest absolute Gasteiger partial charge is 0.265 e. The predicted octanol–water partition coefficient (Wildman–Crippen LogP) is 4.32. The first-order chi connectivity index (χ1) is 15.2. The molecular weight excluding hydrogens is 476 g/mol. The van der Waals surface area contributed by atoms with E-state index in [1.165, 1.54) is 49.7 Å². The molecule has 174 valence electrons. The zero-order valence-electron chi connectivity index (χ0n) is 17.7. The van der Waals surface area contributed by atoms with E-state index in [9.17, 15) is 17.6 Å². The fraction of sp³-hybridized carbons (Fsp3) is 0.409. The van der Waals surface area contributed by atoms with Crippen LogP contribution in [0.15, 0.2) is 47.4 Å². The lowest BCUT2D eigenvalue weighted by atomic mass is 10.1. The van der Waals surface area contributed by atoms with Gasteiger partial charge in [-0.2, -0.15) is 0 Å². The Hall–Kier alpha value is -1.87. The number of carbonyl (C=O) groups excluding carboxylic acids is 1. The maximum atomic E-state index is 14.7. The SMILES string of the molecule is CC(C(=O)NCCN1CCCCC1)N(c1cc(Cl)ccc1F)S(=O)(=O)c1ccc(Cl)cc1. The molecule has 1 heterocycles. The average molecular weight is 502 g/mol. The summed E-state index contributed by atoms with van der Waals surface area (Å²) in [7, 11) is -4.30. The van der Waals surface area contributed by atoms with E-state index in [0.717, 1.165) is 36.3 Å². The molecule has 0 radical (unpaired) electrons. The van der Waals surface area contributed by atoms with Crippen molar-refractivity contribution in [1.82, 2.24) is 10.2 Å². The molecule has 2 aromatic carbocycles. The summed E-state index contributed by atoms with van der Waals surface area (Å²) in [6.45, 7) is 4.43. The number of sulfonamides is 1. The Morgan fingerprint density at radius 3 is 2.38 bits per heavy atom. The number of halogens is 3. The van der Waals surface area contributed by atoms with Gasteiger partial charge in [0, 0.05) is 23.1 Å². The number of amides is 1. The van der Waals surface area contributed by atoms with Gasteiger partial charge in [0.1, 0.15) is 11.9 Å². The highest BCUT2D eigenvalue weighted by molar-refractivity contribution is 7.93. The molecule has 0 aliphatic carbocycles. The van der Waals surface area contributed by atoms with E-state index in [0.29, 0.717) is 18.1 Å². The summed E-state index contributed by atoms with van der Waals surface area (Å²) in [4.78, 5) is 15.1. The minimum Gasteiger partial charge on any atom is -0.353 e. The highest BCUT2D eigenvalue weighted by atomic mass is 35.5. The van der Waals surface area contributed by atoms with E-state index in [1.807, 2.05) is 0 Å². The van der Waals surface area contributed by atoms with E-state index in [4.69, 9.17) is 23.2 Å². The zero-order valence-corrected chi connectivity index (χ0v) is 20.1. The lowest BCUT2D eigenvalue weighted by Gasteiger charge is -2.31.